The minimum absolute atomic E-state index is 0.0204. The molecule has 1 heterocycles. The van der Waals surface area contributed by atoms with Crippen molar-refractivity contribution in [2.45, 2.75) is 39.2 Å². The molecule has 0 aliphatic rings. The fourth-order valence-corrected chi connectivity index (χ4v) is 3.36. The molecule has 0 aliphatic heterocycles. The summed E-state index contributed by atoms with van der Waals surface area (Å²) in [5, 5.41) is 29.4. The monoisotopic (exact) mass is 659 g/mol. The summed E-state index contributed by atoms with van der Waals surface area (Å²) in [5.74, 6) is -5.57. The lowest BCUT2D eigenvalue weighted by molar-refractivity contribution is -0.193. The van der Waals surface area contributed by atoms with Crippen molar-refractivity contribution >= 4 is 29.6 Å². The molecule has 8 N–H and O–H groups in total. The zero-order chi connectivity index (χ0) is 35.4. The first-order valence-electron chi connectivity index (χ1n) is 12.9. The number of nitrogens with two attached hydrogens (primary N) is 2. The lowest BCUT2D eigenvalue weighted by Gasteiger charge is -2.08. The van der Waals surface area contributed by atoms with Gasteiger partial charge in [-0.15, -0.1) is 0 Å². The van der Waals surface area contributed by atoms with Gasteiger partial charge in [0.1, 0.15) is 11.7 Å². The number of halogens is 6. The van der Waals surface area contributed by atoms with Crippen LogP contribution in [0.1, 0.15) is 52.0 Å². The van der Waals surface area contributed by atoms with Crippen LogP contribution in [-0.2, 0) is 27.3 Å². The number of benzene rings is 2. The van der Waals surface area contributed by atoms with Gasteiger partial charge >= 0.3 is 30.3 Å². The number of rotatable bonds is 9. The average molecular weight is 660 g/mol. The standard InChI is InChI=1S/C25H29N5O2.2C2HF3O2/c1-16(2)15-32-25(31)22-14-30(12-18-4-3-5-20(11-18)24(28)29)13-21(22)10-17-6-8-19(9-7-17)23(26)27;2*3-2(4,5)1(6)7/h3-9,11,13-14,16H,10,12,15H2,1-2H3,(H3,26,27)(H3,28,29);2*(H,6,7). The van der Waals surface area contributed by atoms with E-state index in [2.05, 4.69) is 0 Å². The maximum Gasteiger partial charge on any atom is 0.490 e. The third-order valence-electron chi connectivity index (χ3n) is 5.48. The molecule has 11 nitrogen and oxygen atoms in total. The molecule has 0 fully saturated rings. The highest BCUT2D eigenvalue weighted by molar-refractivity contribution is 5.95. The Labute approximate surface area is 258 Å². The number of carboxylic acid groups (broad SMARTS) is 2. The lowest BCUT2D eigenvalue weighted by Crippen LogP contribution is -2.21. The highest BCUT2D eigenvalue weighted by Crippen LogP contribution is 2.20. The molecule has 17 heteroatoms. The van der Waals surface area contributed by atoms with E-state index in [1.54, 1.807) is 18.2 Å². The van der Waals surface area contributed by atoms with Crippen molar-refractivity contribution in [1.82, 2.24) is 4.57 Å². The van der Waals surface area contributed by atoms with Crippen LogP contribution in [0, 0.1) is 16.7 Å². The van der Waals surface area contributed by atoms with Crippen LogP contribution in [-0.4, -0.2) is 63.3 Å². The van der Waals surface area contributed by atoms with Crippen molar-refractivity contribution in [1.29, 1.82) is 10.8 Å². The number of esters is 1. The minimum atomic E-state index is -5.08. The van der Waals surface area contributed by atoms with E-state index in [9.17, 15) is 31.1 Å². The third-order valence-corrected chi connectivity index (χ3v) is 5.48. The minimum Gasteiger partial charge on any atom is -0.475 e. The van der Waals surface area contributed by atoms with E-state index in [1.165, 1.54) is 0 Å². The van der Waals surface area contributed by atoms with Crippen LogP contribution in [0.5, 0.6) is 0 Å². The maximum absolute atomic E-state index is 12.8. The molecule has 3 aromatic rings. The lowest BCUT2D eigenvalue weighted by atomic mass is 10.0. The molecule has 2 aromatic carbocycles. The van der Waals surface area contributed by atoms with Crippen molar-refractivity contribution in [2.24, 2.45) is 17.4 Å². The van der Waals surface area contributed by atoms with Crippen LogP contribution in [0.3, 0.4) is 0 Å². The number of alkyl halides is 6. The number of carboxylic acids is 2. The normalized spacial score (nSPS) is 11.0. The molecule has 0 bridgehead atoms. The van der Waals surface area contributed by atoms with E-state index >= 15 is 0 Å². The molecule has 0 aliphatic carbocycles. The second kappa shape index (κ2) is 16.6. The van der Waals surface area contributed by atoms with Gasteiger partial charge in [-0.25, -0.2) is 14.4 Å². The topological polar surface area (TPSA) is 206 Å². The molecule has 250 valence electrons. The summed E-state index contributed by atoms with van der Waals surface area (Å²) in [7, 11) is 0. The molecular weight excluding hydrogens is 628 g/mol. The van der Waals surface area contributed by atoms with Crippen LogP contribution in [0.2, 0.25) is 0 Å². The fourth-order valence-electron chi connectivity index (χ4n) is 3.36. The predicted molar refractivity (Wildman–Crippen MR) is 154 cm³/mol. The Hall–Kier alpha value is -5.35. The molecule has 0 unspecified atom stereocenters. The van der Waals surface area contributed by atoms with Crippen molar-refractivity contribution in [3.8, 4) is 0 Å². The second-order valence-electron chi connectivity index (χ2n) is 9.87. The van der Waals surface area contributed by atoms with Crippen LogP contribution < -0.4 is 11.5 Å². The van der Waals surface area contributed by atoms with E-state index in [4.69, 9.17) is 46.8 Å². The van der Waals surface area contributed by atoms with Gasteiger partial charge in [0.15, 0.2) is 0 Å². The molecule has 0 saturated carbocycles. The largest absolute Gasteiger partial charge is 0.490 e. The average Bonchev–Trinajstić information content (AvgIpc) is 3.33. The number of ether oxygens (including phenoxy) is 1. The summed E-state index contributed by atoms with van der Waals surface area (Å²) < 4.78 is 70.9. The number of nitrogens with zero attached hydrogens (tertiary/aromatic N) is 1. The summed E-state index contributed by atoms with van der Waals surface area (Å²) in [6, 6.07) is 14.9. The molecule has 3 rings (SSSR count). The van der Waals surface area contributed by atoms with E-state index in [1.807, 2.05) is 61.1 Å². The number of nitrogens with one attached hydrogen (secondary N) is 2. The quantitative estimate of drug-likeness (QED) is 0.0814. The number of hydrogen-bond acceptors (Lipinski definition) is 6. The molecule has 0 amide bonds. The number of carbonyl (C=O) groups is 3. The fraction of sp³-hybridized carbons (Fsp3) is 0.276. The Morgan fingerprint density at radius 1 is 0.826 bits per heavy atom. The van der Waals surface area contributed by atoms with E-state index in [-0.39, 0.29) is 23.6 Å². The highest BCUT2D eigenvalue weighted by Gasteiger charge is 2.38. The molecule has 0 radical (unpaired) electrons. The number of carbonyl (C=O) groups excluding carboxylic acids is 1. The van der Waals surface area contributed by atoms with Gasteiger partial charge in [-0.2, -0.15) is 26.3 Å². The molecule has 0 saturated heterocycles. The number of hydrogen-bond donors (Lipinski definition) is 6. The van der Waals surface area contributed by atoms with Gasteiger partial charge in [0.25, 0.3) is 0 Å². The Bertz CT molecular complexity index is 1510. The number of nitrogen functional groups attached to an aromatic ring is 2. The molecule has 1 aromatic heterocycles. The zero-order valence-electron chi connectivity index (χ0n) is 24.4. The van der Waals surface area contributed by atoms with Gasteiger partial charge in [0, 0.05) is 30.1 Å². The zero-order valence-corrected chi connectivity index (χ0v) is 24.4. The van der Waals surface area contributed by atoms with Gasteiger partial charge in [0.2, 0.25) is 0 Å². The summed E-state index contributed by atoms with van der Waals surface area (Å²) in [6.45, 7) is 4.89. The van der Waals surface area contributed by atoms with Crippen molar-refractivity contribution in [3.63, 3.8) is 0 Å². The van der Waals surface area contributed by atoms with Gasteiger partial charge in [-0.05, 0) is 35.1 Å². The van der Waals surface area contributed by atoms with Crippen LogP contribution in [0.15, 0.2) is 60.9 Å². The summed E-state index contributed by atoms with van der Waals surface area (Å²) in [4.78, 5) is 30.6. The van der Waals surface area contributed by atoms with E-state index in [0.29, 0.717) is 36.3 Å². The third kappa shape index (κ3) is 13.5. The molecule has 0 spiro atoms. The number of amidine groups is 2. The van der Waals surface area contributed by atoms with Crippen LogP contribution in [0.4, 0.5) is 26.3 Å². The van der Waals surface area contributed by atoms with Crippen LogP contribution >= 0.6 is 0 Å². The van der Waals surface area contributed by atoms with Gasteiger partial charge in [-0.1, -0.05) is 56.3 Å². The SMILES string of the molecule is CC(C)COC(=O)c1cn(Cc2cccc(C(=N)N)c2)cc1Cc1ccc(C(=N)N)cc1.O=C(O)C(F)(F)F.O=C(O)C(F)(F)F. The van der Waals surface area contributed by atoms with Gasteiger partial charge in [0.05, 0.1) is 12.2 Å². The van der Waals surface area contributed by atoms with Crippen LogP contribution in [0.25, 0.3) is 0 Å². The molecule has 0 atom stereocenters. The first-order valence-corrected chi connectivity index (χ1v) is 12.9. The number of aliphatic carboxylic acids is 2. The summed E-state index contributed by atoms with van der Waals surface area (Å²) in [5.41, 5.74) is 15.8. The first-order chi connectivity index (χ1) is 21.1. The predicted octanol–water partition coefficient (Wildman–Crippen LogP) is 4.77. The smallest absolute Gasteiger partial charge is 0.475 e. The maximum atomic E-state index is 12.8. The Kier molecular flexibility index (Phi) is 14.0. The van der Waals surface area contributed by atoms with E-state index in [0.717, 1.165) is 16.7 Å². The van der Waals surface area contributed by atoms with E-state index < -0.39 is 24.3 Å². The Morgan fingerprint density at radius 2 is 1.33 bits per heavy atom. The number of aromatic nitrogens is 1. The van der Waals surface area contributed by atoms with Crippen molar-refractivity contribution in [3.05, 3.63) is 94.3 Å². The van der Waals surface area contributed by atoms with Crippen molar-refractivity contribution in [2.75, 3.05) is 6.61 Å². The second-order valence-corrected chi connectivity index (χ2v) is 9.87. The Balaban J connectivity index is 0.000000629. The first kappa shape index (κ1) is 38.7. The van der Waals surface area contributed by atoms with Crippen molar-refractivity contribution < 1.29 is 55.7 Å². The van der Waals surface area contributed by atoms with Gasteiger partial charge in [-0.3, -0.25) is 10.8 Å². The summed E-state index contributed by atoms with van der Waals surface area (Å²) in [6.07, 6.45) is -5.86. The van der Waals surface area contributed by atoms with Gasteiger partial charge < -0.3 is 31.0 Å². The summed E-state index contributed by atoms with van der Waals surface area (Å²) >= 11 is 0. The molecular formula is C29H31F6N5O6. The Morgan fingerprint density at radius 3 is 1.76 bits per heavy atom. The molecule has 46 heavy (non-hydrogen) atoms. The highest BCUT2D eigenvalue weighted by atomic mass is 19.4.